The number of amides is 1. The van der Waals surface area contributed by atoms with E-state index in [0.717, 1.165) is 70.0 Å². The number of fused-ring (bicyclic) bond motifs is 3. The highest BCUT2D eigenvalue weighted by molar-refractivity contribution is 5.83. The number of nitrogens with two attached hydrogens (primary N) is 1. The number of carbonyl (C=O) groups is 1. The first-order valence-corrected chi connectivity index (χ1v) is 12.1. The molecule has 176 valence electrons. The van der Waals surface area contributed by atoms with Crippen LogP contribution >= 0.6 is 0 Å². The van der Waals surface area contributed by atoms with Gasteiger partial charge in [0.2, 0.25) is 5.91 Å². The van der Waals surface area contributed by atoms with Crippen LogP contribution in [0.1, 0.15) is 69.8 Å². The van der Waals surface area contributed by atoms with Crippen molar-refractivity contribution in [1.29, 1.82) is 0 Å². The molecule has 0 radical (unpaired) electrons. The summed E-state index contributed by atoms with van der Waals surface area (Å²) in [4.78, 5) is 13.3. The Morgan fingerprint density at radius 3 is 2.44 bits per heavy atom. The van der Waals surface area contributed by atoms with Crippen LogP contribution in [-0.2, 0) is 14.9 Å². The largest absolute Gasteiger partial charge is 0.489 e. The highest BCUT2D eigenvalue weighted by Gasteiger charge is 2.53. The molecule has 3 N–H and O–H groups in total. The van der Waals surface area contributed by atoms with Crippen molar-refractivity contribution >= 4 is 5.91 Å². The minimum absolute atomic E-state index is 0.154. The summed E-state index contributed by atoms with van der Waals surface area (Å²) in [5, 5.41) is 3.39. The monoisotopic (exact) mass is 444 g/mol. The Labute approximate surface area is 190 Å². The van der Waals surface area contributed by atoms with E-state index in [-0.39, 0.29) is 42.0 Å². The Hall–Kier alpha value is -1.92. The van der Waals surface area contributed by atoms with E-state index in [4.69, 9.17) is 15.2 Å². The molecular formula is C26H37FN2O3. The quantitative estimate of drug-likeness (QED) is 0.617. The van der Waals surface area contributed by atoms with Gasteiger partial charge in [-0.25, -0.2) is 4.39 Å². The van der Waals surface area contributed by atoms with E-state index in [2.05, 4.69) is 17.4 Å². The predicted molar refractivity (Wildman–Crippen MR) is 123 cm³/mol. The van der Waals surface area contributed by atoms with Gasteiger partial charge in [0, 0.05) is 30.7 Å². The molecule has 0 heterocycles. The average molecular weight is 445 g/mol. The molecule has 32 heavy (non-hydrogen) atoms. The maximum atomic E-state index is 13.3. The van der Waals surface area contributed by atoms with Crippen LogP contribution in [0.2, 0.25) is 0 Å². The van der Waals surface area contributed by atoms with Crippen molar-refractivity contribution < 1.29 is 18.7 Å². The smallest absolute Gasteiger partial charge is 0.226 e. The molecule has 0 saturated heterocycles. The standard InChI is InChI=1S/C26H37FN2O3/c1-31-23-4-2-3-21(15-23)29-24(30)26-12-9-25(10-13-26,11-14-26)20-5-7-22(8-6-20)32-18-19(16-27)17-28/h5-8,16,21,23H,2-4,9-15,17-18,28H2,1H3,(H,29,30)/b19-16+/t21-,23+,25?,26?/m0/s1. The minimum atomic E-state index is -0.192. The maximum Gasteiger partial charge on any atom is 0.226 e. The van der Waals surface area contributed by atoms with E-state index in [1.165, 1.54) is 5.56 Å². The van der Waals surface area contributed by atoms with Crippen molar-refractivity contribution in [3.05, 3.63) is 41.7 Å². The highest BCUT2D eigenvalue weighted by Crippen LogP contribution is 2.58. The van der Waals surface area contributed by atoms with Gasteiger partial charge in [0.15, 0.2) is 0 Å². The summed E-state index contributed by atoms with van der Waals surface area (Å²) in [6, 6.07) is 8.47. The molecule has 2 atom stereocenters. The molecule has 5 nitrogen and oxygen atoms in total. The first-order chi connectivity index (χ1) is 15.5. The fourth-order valence-electron chi connectivity index (χ4n) is 6.00. The zero-order chi connectivity index (χ0) is 22.6. The Kier molecular flexibility index (Phi) is 7.21. The molecule has 4 aliphatic rings. The van der Waals surface area contributed by atoms with Gasteiger partial charge in [0.05, 0.1) is 12.4 Å². The second-order valence-electron chi connectivity index (χ2n) is 10.0. The number of benzene rings is 1. The molecule has 0 spiro atoms. The molecule has 1 aromatic rings. The van der Waals surface area contributed by atoms with Gasteiger partial charge in [-0.15, -0.1) is 0 Å². The Bertz CT molecular complexity index is 798. The number of rotatable bonds is 8. The van der Waals surface area contributed by atoms with E-state index >= 15 is 0 Å². The van der Waals surface area contributed by atoms with Gasteiger partial charge in [0.25, 0.3) is 0 Å². The van der Waals surface area contributed by atoms with Gasteiger partial charge in [-0.3, -0.25) is 4.79 Å². The third-order valence-corrected chi connectivity index (χ3v) is 8.33. The van der Waals surface area contributed by atoms with Crippen LogP contribution < -0.4 is 15.8 Å². The van der Waals surface area contributed by atoms with E-state index in [1.54, 1.807) is 7.11 Å². The van der Waals surface area contributed by atoms with Crippen LogP contribution in [-0.4, -0.2) is 38.3 Å². The first-order valence-electron chi connectivity index (χ1n) is 12.1. The van der Waals surface area contributed by atoms with Crippen LogP contribution in [0, 0.1) is 5.41 Å². The van der Waals surface area contributed by atoms with Crippen molar-refractivity contribution in [1.82, 2.24) is 5.32 Å². The van der Waals surface area contributed by atoms with Crippen molar-refractivity contribution in [2.75, 3.05) is 20.3 Å². The van der Waals surface area contributed by atoms with Crippen LogP contribution in [0.25, 0.3) is 0 Å². The Morgan fingerprint density at radius 2 is 1.84 bits per heavy atom. The third-order valence-electron chi connectivity index (χ3n) is 8.33. The molecule has 0 aliphatic heterocycles. The number of hydrogen-bond donors (Lipinski definition) is 2. The lowest BCUT2D eigenvalue weighted by molar-refractivity contribution is -0.139. The SMILES string of the molecule is CO[C@@H]1CCC[C@H](NC(=O)C23CCC(c4ccc(OC/C(=C/F)CN)cc4)(CC2)CC3)C1. The summed E-state index contributed by atoms with van der Waals surface area (Å²) in [5.74, 6) is 0.994. The van der Waals surface area contributed by atoms with Crippen molar-refractivity contribution in [2.45, 2.75) is 81.8 Å². The van der Waals surface area contributed by atoms with Crippen LogP contribution in [0.3, 0.4) is 0 Å². The van der Waals surface area contributed by atoms with Crippen molar-refractivity contribution in [2.24, 2.45) is 11.1 Å². The fraction of sp³-hybridized carbons (Fsp3) is 0.654. The molecule has 5 rings (SSSR count). The normalized spacial score (nSPS) is 32.5. The topological polar surface area (TPSA) is 73.6 Å². The Balaban J connectivity index is 1.34. The number of ether oxygens (including phenoxy) is 2. The predicted octanol–water partition coefficient (Wildman–Crippen LogP) is 4.54. The van der Waals surface area contributed by atoms with Gasteiger partial charge in [-0.2, -0.15) is 0 Å². The molecule has 6 heteroatoms. The van der Waals surface area contributed by atoms with E-state index < -0.39 is 0 Å². The second kappa shape index (κ2) is 9.92. The first kappa shape index (κ1) is 23.2. The lowest BCUT2D eigenvalue weighted by atomic mass is 9.51. The lowest BCUT2D eigenvalue weighted by Crippen LogP contribution is -2.54. The maximum absolute atomic E-state index is 13.3. The summed E-state index contributed by atoms with van der Waals surface area (Å²) >= 11 is 0. The Morgan fingerprint density at radius 1 is 1.16 bits per heavy atom. The third kappa shape index (κ3) is 4.72. The van der Waals surface area contributed by atoms with E-state index in [0.29, 0.717) is 11.9 Å². The summed E-state index contributed by atoms with van der Waals surface area (Å²) < 4.78 is 23.9. The molecule has 2 bridgehead atoms. The van der Waals surface area contributed by atoms with Crippen molar-refractivity contribution in [3.8, 4) is 5.75 Å². The van der Waals surface area contributed by atoms with Crippen LogP contribution in [0.4, 0.5) is 4.39 Å². The van der Waals surface area contributed by atoms with Gasteiger partial charge < -0.3 is 20.5 Å². The van der Waals surface area contributed by atoms with Crippen molar-refractivity contribution in [3.63, 3.8) is 0 Å². The zero-order valence-corrected chi connectivity index (χ0v) is 19.2. The number of carbonyl (C=O) groups excluding carboxylic acids is 1. The molecule has 0 unspecified atom stereocenters. The zero-order valence-electron chi connectivity index (χ0n) is 19.2. The molecule has 1 aromatic carbocycles. The summed E-state index contributed by atoms with van der Waals surface area (Å²) in [5.41, 5.74) is 7.22. The lowest BCUT2D eigenvalue weighted by Gasteiger charge is -2.53. The van der Waals surface area contributed by atoms with Gasteiger partial charge in [0.1, 0.15) is 12.4 Å². The minimum Gasteiger partial charge on any atom is -0.489 e. The number of hydrogen-bond acceptors (Lipinski definition) is 4. The second-order valence-corrected chi connectivity index (χ2v) is 10.0. The number of methoxy groups -OCH3 is 1. The van der Waals surface area contributed by atoms with Crippen LogP contribution in [0.5, 0.6) is 5.75 Å². The van der Waals surface area contributed by atoms with Crippen LogP contribution in [0.15, 0.2) is 36.2 Å². The van der Waals surface area contributed by atoms with Gasteiger partial charge in [-0.1, -0.05) is 12.1 Å². The number of halogens is 1. The molecule has 4 aliphatic carbocycles. The molecule has 4 fully saturated rings. The summed E-state index contributed by atoms with van der Waals surface area (Å²) in [6.45, 7) is 0.321. The molecule has 4 saturated carbocycles. The summed E-state index contributed by atoms with van der Waals surface area (Å²) in [6.07, 6.45) is 11.0. The molecule has 1 amide bonds. The fourth-order valence-corrected chi connectivity index (χ4v) is 6.00. The summed E-state index contributed by atoms with van der Waals surface area (Å²) in [7, 11) is 1.77. The van der Waals surface area contributed by atoms with E-state index in [1.807, 2.05) is 12.1 Å². The van der Waals surface area contributed by atoms with Gasteiger partial charge in [-0.05, 0) is 87.3 Å². The van der Waals surface area contributed by atoms with Gasteiger partial charge >= 0.3 is 0 Å². The highest BCUT2D eigenvalue weighted by atomic mass is 19.1. The molecular weight excluding hydrogens is 407 g/mol. The molecule has 0 aromatic heterocycles. The average Bonchev–Trinajstić information content (AvgIpc) is 2.86. The van der Waals surface area contributed by atoms with E-state index in [9.17, 15) is 9.18 Å². The number of nitrogens with one attached hydrogen (secondary N) is 1.